The van der Waals surface area contributed by atoms with Crippen LogP contribution in [0.5, 0.6) is 0 Å². The highest BCUT2D eigenvalue weighted by atomic mass is 16.6. The Morgan fingerprint density at radius 2 is 2.50 bits per heavy atom. The monoisotopic (exact) mass is 174 g/mol. The Kier molecular flexibility index (Phi) is 6.00. The first-order chi connectivity index (χ1) is 5.68. The van der Waals surface area contributed by atoms with Gasteiger partial charge in [0.2, 0.25) is 0 Å². The van der Waals surface area contributed by atoms with Gasteiger partial charge in [-0.15, -0.1) is 0 Å². The number of carboxylic acids is 1. The minimum Gasteiger partial charge on any atom is -0.480 e. The quantitative estimate of drug-likeness (QED) is 0.445. The molecule has 12 heavy (non-hydrogen) atoms. The number of aliphatic carboxylic acids is 1. The molecule has 0 aliphatic carbocycles. The lowest BCUT2D eigenvalue weighted by Crippen LogP contribution is -2.29. The van der Waals surface area contributed by atoms with Crippen molar-refractivity contribution in [2.24, 2.45) is 10.9 Å². The topological polar surface area (TPSA) is 84.9 Å². The maximum atomic E-state index is 10.2. The molecule has 0 rings (SSSR count). The van der Waals surface area contributed by atoms with Crippen LogP contribution in [0.3, 0.4) is 0 Å². The zero-order chi connectivity index (χ0) is 9.40. The van der Waals surface area contributed by atoms with Crippen LogP contribution >= 0.6 is 0 Å². The van der Waals surface area contributed by atoms with Gasteiger partial charge in [-0.1, -0.05) is 5.16 Å². The van der Waals surface area contributed by atoms with Gasteiger partial charge in [0.15, 0.2) is 0 Å². The summed E-state index contributed by atoms with van der Waals surface area (Å²) in [5.41, 5.74) is 5.23. The molecule has 0 bridgehead atoms. The van der Waals surface area contributed by atoms with Gasteiger partial charge in [-0.3, -0.25) is 4.79 Å². The van der Waals surface area contributed by atoms with Gasteiger partial charge in [-0.05, 0) is 19.8 Å². The number of nitrogens with zero attached hydrogens (tertiary/aromatic N) is 1. The molecule has 0 radical (unpaired) electrons. The number of oxime groups is 1. The normalized spacial score (nSPS) is 13.2. The molecule has 0 aromatic heterocycles. The molecule has 0 aliphatic rings. The molecule has 0 heterocycles. The van der Waals surface area contributed by atoms with Crippen molar-refractivity contribution in [3.8, 4) is 0 Å². The van der Waals surface area contributed by atoms with E-state index in [4.69, 9.17) is 10.8 Å². The SMILES string of the molecule is CCO/N=C/CCC(N)C(=O)O. The number of carbonyl (C=O) groups is 1. The average Bonchev–Trinajstić information content (AvgIpc) is 2.03. The van der Waals surface area contributed by atoms with Crippen molar-refractivity contribution >= 4 is 12.2 Å². The van der Waals surface area contributed by atoms with E-state index >= 15 is 0 Å². The third kappa shape index (κ3) is 5.67. The van der Waals surface area contributed by atoms with Gasteiger partial charge in [0, 0.05) is 6.21 Å². The molecular weight excluding hydrogens is 160 g/mol. The summed E-state index contributed by atoms with van der Waals surface area (Å²) in [7, 11) is 0. The highest BCUT2D eigenvalue weighted by Gasteiger charge is 2.08. The molecule has 0 saturated heterocycles. The van der Waals surface area contributed by atoms with Crippen molar-refractivity contribution in [2.75, 3.05) is 6.61 Å². The highest BCUT2D eigenvalue weighted by Crippen LogP contribution is 1.91. The van der Waals surface area contributed by atoms with Gasteiger partial charge >= 0.3 is 5.97 Å². The molecule has 0 saturated carbocycles. The van der Waals surface area contributed by atoms with Crippen LogP contribution in [-0.2, 0) is 9.63 Å². The predicted octanol–water partition coefficient (Wildman–Crippen LogP) is 0.201. The summed E-state index contributed by atoms with van der Waals surface area (Å²) in [6.07, 6.45) is 2.42. The molecule has 0 amide bonds. The zero-order valence-electron chi connectivity index (χ0n) is 7.06. The van der Waals surface area contributed by atoms with Crippen molar-refractivity contribution in [1.29, 1.82) is 0 Å². The second-order valence-electron chi connectivity index (χ2n) is 2.23. The first kappa shape index (κ1) is 10.9. The van der Waals surface area contributed by atoms with E-state index in [9.17, 15) is 4.79 Å². The third-order valence-corrected chi connectivity index (χ3v) is 1.20. The maximum Gasteiger partial charge on any atom is 0.320 e. The molecule has 0 aliphatic heterocycles. The summed E-state index contributed by atoms with van der Waals surface area (Å²) in [5.74, 6) is -0.986. The number of carboxylic acid groups (broad SMARTS) is 1. The van der Waals surface area contributed by atoms with Crippen molar-refractivity contribution in [1.82, 2.24) is 0 Å². The molecule has 70 valence electrons. The largest absolute Gasteiger partial charge is 0.480 e. The highest BCUT2D eigenvalue weighted by molar-refractivity contribution is 5.73. The lowest BCUT2D eigenvalue weighted by molar-refractivity contribution is -0.138. The van der Waals surface area contributed by atoms with Gasteiger partial charge in [0.1, 0.15) is 12.6 Å². The van der Waals surface area contributed by atoms with E-state index in [1.165, 1.54) is 6.21 Å². The lowest BCUT2D eigenvalue weighted by Gasteiger charge is -2.01. The van der Waals surface area contributed by atoms with Crippen LogP contribution < -0.4 is 5.73 Å². The van der Waals surface area contributed by atoms with Gasteiger partial charge in [0.25, 0.3) is 0 Å². The summed E-state index contributed by atoms with van der Waals surface area (Å²) >= 11 is 0. The second-order valence-corrected chi connectivity index (χ2v) is 2.23. The number of hydrogen-bond donors (Lipinski definition) is 2. The van der Waals surface area contributed by atoms with Gasteiger partial charge in [-0.2, -0.15) is 0 Å². The summed E-state index contributed by atoms with van der Waals surface area (Å²) in [6.45, 7) is 2.34. The van der Waals surface area contributed by atoms with Crippen molar-refractivity contribution in [3.63, 3.8) is 0 Å². The van der Waals surface area contributed by atoms with E-state index < -0.39 is 12.0 Å². The molecule has 0 aromatic carbocycles. The molecule has 0 aromatic rings. The first-order valence-corrected chi connectivity index (χ1v) is 3.80. The molecule has 5 nitrogen and oxygen atoms in total. The molecule has 5 heteroatoms. The predicted molar refractivity (Wildman–Crippen MR) is 45.0 cm³/mol. The van der Waals surface area contributed by atoms with Crippen LogP contribution in [-0.4, -0.2) is 29.9 Å². The van der Waals surface area contributed by atoms with Crippen LogP contribution in [0.1, 0.15) is 19.8 Å². The maximum absolute atomic E-state index is 10.2. The first-order valence-electron chi connectivity index (χ1n) is 3.80. The van der Waals surface area contributed by atoms with E-state index in [0.717, 1.165) is 0 Å². The van der Waals surface area contributed by atoms with Crippen molar-refractivity contribution in [2.45, 2.75) is 25.8 Å². The Morgan fingerprint density at radius 1 is 1.83 bits per heavy atom. The number of rotatable bonds is 6. The molecule has 0 spiro atoms. The van der Waals surface area contributed by atoms with E-state index in [1.807, 2.05) is 6.92 Å². The second kappa shape index (κ2) is 6.60. The van der Waals surface area contributed by atoms with Gasteiger partial charge in [0.05, 0.1) is 0 Å². The van der Waals surface area contributed by atoms with Crippen LogP contribution in [0, 0.1) is 0 Å². The summed E-state index contributed by atoms with van der Waals surface area (Å²) in [5, 5.41) is 11.9. The van der Waals surface area contributed by atoms with E-state index in [-0.39, 0.29) is 0 Å². The number of nitrogens with two attached hydrogens (primary N) is 1. The minimum atomic E-state index is -0.986. The lowest BCUT2D eigenvalue weighted by atomic mass is 10.2. The Bertz CT molecular complexity index is 159. The fourth-order valence-corrected chi connectivity index (χ4v) is 0.558. The van der Waals surface area contributed by atoms with Crippen LogP contribution in [0.4, 0.5) is 0 Å². The smallest absolute Gasteiger partial charge is 0.320 e. The molecule has 1 atom stereocenters. The Balaban J connectivity index is 3.36. The summed E-state index contributed by atoms with van der Waals surface area (Å²) < 4.78 is 0. The Hall–Kier alpha value is -1.10. The van der Waals surface area contributed by atoms with Crippen molar-refractivity contribution in [3.05, 3.63) is 0 Å². The molecule has 0 fully saturated rings. The summed E-state index contributed by atoms with van der Waals surface area (Å²) in [4.78, 5) is 14.9. The Morgan fingerprint density at radius 3 is 3.00 bits per heavy atom. The van der Waals surface area contributed by atoms with E-state index in [1.54, 1.807) is 0 Å². The molecule has 3 N–H and O–H groups in total. The van der Waals surface area contributed by atoms with Crippen LogP contribution in [0.2, 0.25) is 0 Å². The fraction of sp³-hybridized carbons (Fsp3) is 0.714. The molecule has 1 unspecified atom stereocenters. The van der Waals surface area contributed by atoms with Crippen molar-refractivity contribution < 1.29 is 14.7 Å². The standard InChI is InChI=1S/C7H14N2O3/c1-2-12-9-5-3-4-6(8)7(10)11/h5-6H,2-4,8H2,1H3,(H,10,11)/b9-5+. The molecular formula is C7H14N2O3. The number of hydrogen-bond acceptors (Lipinski definition) is 4. The van der Waals surface area contributed by atoms with Crippen LogP contribution in [0.25, 0.3) is 0 Å². The fourth-order valence-electron chi connectivity index (χ4n) is 0.558. The van der Waals surface area contributed by atoms with Gasteiger partial charge < -0.3 is 15.7 Å². The van der Waals surface area contributed by atoms with E-state index in [0.29, 0.717) is 19.4 Å². The van der Waals surface area contributed by atoms with Crippen LogP contribution in [0.15, 0.2) is 5.16 Å². The average molecular weight is 174 g/mol. The minimum absolute atomic E-state index is 0.381. The Labute approximate surface area is 71.2 Å². The summed E-state index contributed by atoms with van der Waals surface area (Å²) in [6, 6.07) is -0.807. The van der Waals surface area contributed by atoms with Gasteiger partial charge in [-0.25, -0.2) is 0 Å². The van der Waals surface area contributed by atoms with E-state index in [2.05, 4.69) is 9.99 Å². The zero-order valence-corrected chi connectivity index (χ0v) is 7.06. The third-order valence-electron chi connectivity index (χ3n) is 1.20.